The van der Waals surface area contributed by atoms with E-state index in [1.807, 2.05) is 55.4 Å². The largest absolute Gasteiger partial charge is 0.305 e. The van der Waals surface area contributed by atoms with Gasteiger partial charge in [0.25, 0.3) is 0 Å². The Bertz CT molecular complexity index is 692. The molecule has 0 bridgehead atoms. The zero-order valence-electron chi connectivity index (χ0n) is 12.0. The molecule has 0 heterocycles. The first-order valence-electron chi connectivity index (χ1n) is 6.41. The molecule has 0 saturated carbocycles. The van der Waals surface area contributed by atoms with Crippen LogP contribution in [0.25, 0.3) is 11.1 Å². The van der Waals surface area contributed by atoms with Gasteiger partial charge < -0.3 is 4.90 Å². The first-order chi connectivity index (χ1) is 9.38. The summed E-state index contributed by atoms with van der Waals surface area (Å²) in [5.41, 5.74) is 3.19. The monoisotopic (exact) mass is 289 g/mol. The quantitative estimate of drug-likeness (QED) is 0.868. The molecule has 0 unspecified atom stereocenters. The van der Waals surface area contributed by atoms with Crippen LogP contribution in [0.4, 0.5) is 0 Å². The highest BCUT2D eigenvalue weighted by Crippen LogP contribution is 2.27. The van der Waals surface area contributed by atoms with Gasteiger partial charge in [-0.3, -0.25) is 0 Å². The van der Waals surface area contributed by atoms with Gasteiger partial charge in [0.15, 0.2) is 9.84 Å². The van der Waals surface area contributed by atoms with Crippen molar-refractivity contribution in [1.29, 1.82) is 0 Å². The minimum atomic E-state index is -3.18. The number of hydrogen-bond donors (Lipinski definition) is 0. The summed E-state index contributed by atoms with van der Waals surface area (Å²) in [6, 6.07) is 15.4. The van der Waals surface area contributed by atoms with Gasteiger partial charge in [0.1, 0.15) is 0 Å². The van der Waals surface area contributed by atoms with Crippen LogP contribution in [-0.4, -0.2) is 33.7 Å². The molecule has 2 aromatic rings. The number of benzene rings is 2. The predicted molar refractivity (Wildman–Crippen MR) is 82.4 cm³/mol. The van der Waals surface area contributed by atoms with Gasteiger partial charge >= 0.3 is 0 Å². The predicted octanol–water partition coefficient (Wildman–Crippen LogP) is 2.82. The molecule has 0 radical (unpaired) electrons. The molecule has 106 valence electrons. The molecule has 0 spiro atoms. The van der Waals surface area contributed by atoms with Crippen LogP contribution in [0.1, 0.15) is 5.56 Å². The Hall–Kier alpha value is -1.65. The van der Waals surface area contributed by atoms with Crippen molar-refractivity contribution in [3.8, 4) is 11.1 Å². The first-order valence-corrected chi connectivity index (χ1v) is 8.30. The number of sulfone groups is 1. The third kappa shape index (κ3) is 3.46. The minimum absolute atomic E-state index is 0.369. The highest BCUT2D eigenvalue weighted by molar-refractivity contribution is 7.90. The van der Waals surface area contributed by atoms with Gasteiger partial charge in [0.05, 0.1) is 4.90 Å². The Morgan fingerprint density at radius 2 is 1.65 bits per heavy atom. The Kier molecular flexibility index (Phi) is 4.26. The molecule has 2 aromatic carbocycles. The molecule has 0 atom stereocenters. The van der Waals surface area contributed by atoms with Crippen LogP contribution in [0.2, 0.25) is 0 Å². The van der Waals surface area contributed by atoms with Crippen molar-refractivity contribution in [2.75, 3.05) is 20.4 Å². The third-order valence-corrected chi connectivity index (χ3v) is 4.19. The maximum absolute atomic E-state index is 11.7. The fourth-order valence-corrected chi connectivity index (χ4v) is 2.84. The van der Waals surface area contributed by atoms with Gasteiger partial charge in [-0.25, -0.2) is 8.42 Å². The number of nitrogens with zero attached hydrogens (tertiary/aromatic N) is 1. The SMILES string of the molecule is CN(C)Cc1cc(S(C)(=O)=O)ccc1-c1ccccc1. The standard InChI is InChI=1S/C16H19NO2S/c1-17(2)12-14-11-15(20(3,18)19)9-10-16(14)13-7-5-4-6-8-13/h4-11H,12H2,1-3H3. The smallest absolute Gasteiger partial charge is 0.175 e. The van der Waals surface area contributed by atoms with E-state index in [9.17, 15) is 8.42 Å². The molecule has 4 heteroatoms. The normalized spacial score (nSPS) is 11.8. The van der Waals surface area contributed by atoms with Crippen LogP contribution in [0.3, 0.4) is 0 Å². The summed E-state index contributed by atoms with van der Waals surface area (Å²) >= 11 is 0. The van der Waals surface area contributed by atoms with E-state index in [2.05, 4.69) is 0 Å². The Balaban J connectivity index is 2.57. The van der Waals surface area contributed by atoms with Gasteiger partial charge in [-0.2, -0.15) is 0 Å². The molecule has 0 N–H and O–H groups in total. The number of hydrogen-bond acceptors (Lipinski definition) is 3. The molecule has 0 aliphatic heterocycles. The Morgan fingerprint density at radius 1 is 1.00 bits per heavy atom. The van der Waals surface area contributed by atoms with Crippen molar-refractivity contribution in [3.05, 3.63) is 54.1 Å². The summed E-state index contributed by atoms with van der Waals surface area (Å²) < 4.78 is 23.4. The topological polar surface area (TPSA) is 37.4 Å². The van der Waals surface area contributed by atoms with E-state index in [-0.39, 0.29) is 0 Å². The highest BCUT2D eigenvalue weighted by atomic mass is 32.2. The average molecular weight is 289 g/mol. The van der Waals surface area contributed by atoms with Crippen molar-refractivity contribution < 1.29 is 8.42 Å². The van der Waals surface area contributed by atoms with E-state index in [4.69, 9.17) is 0 Å². The molecule has 0 saturated heterocycles. The highest BCUT2D eigenvalue weighted by Gasteiger charge is 2.12. The first kappa shape index (κ1) is 14.8. The summed E-state index contributed by atoms with van der Waals surface area (Å²) in [4.78, 5) is 2.41. The second kappa shape index (κ2) is 5.77. The molecular formula is C16H19NO2S. The van der Waals surface area contributed by atoms with Crippen LogP contribution in [0.5, 0.6) is 0 Å². The lowest BCUT2D eigenvalue weighted by Gasteiger charge is -2.15. The second-order valence-electron chi connectivity index (χ2n) is 5.19. The van der Waals surface area contributed by atoms with Crippen LogP contribution < -0.4 is 0 Å². The summed E-state index contributed by atoms with van der Waals surface area (Å²) in [6.07, 6.45) is 1.24. The van der Waals surface area contributed by atoms with Crippen molar-refractivity contribution >= 4 is 9.84 Å². The van der Waals surface area contributed by atoms with Gasteiger partial charge in [0.2, 0.25) is 0 Å². The van der Waals surface area contributed by atoms with E-state index >= 15 is 0 Å². The summed E-state index contributed by atoms with van der Waals surface area (Å²) in [6.45, 7) is 0.702. The van der Waals surface area contributed by atoms with Gasteiger partial charge in [-0.1, -0.05) is 36.4 Å². The Morgan fingerprint density at radius 3 is 2.20 bits per heavy atom. The van der Waals surface area contributed by atoms with E-state index in [0.717, 1.165) is 16.7 Å². The molecule has 3 nitrogen and oxygen atoms in total. The molecule has 0 aromatic heterocycles. The maximum atomic E-state index is 11.7. The summed E-state index contributed by atoms with van der Waals surface area (Å²) in [7, 11) is 0.770. The van der Waals surface area contributed by atoms with Crippen LogP contribution in [-0.2, 0) is 16.4 Å². The fourth-order valence-electron chi connectivity index (χ4n) is 2.17. The summed E-state index contributed by atoms with van der Waals surface area (Å²) in [5.74, 6) is 0. The van der Waals surface area contributed by atoms with Crippen LogP contribution >= 0.6 is 0 Å². The van der Waals surface area contributed by atoms with E-state index < -0.39 is 9.84 Å². The molecule has 0 fully saturated rings. The van der Waals surface area contributed by atoms with Crippen LogP contribution in [0, 0.1) is 0 Å². The van der Waals surface area contributed by atoms with Crippen molar-refractivity contribution in [2.45, 2.75) is 11.4 Å². The minimum Gasteiger partial charge on any atom is -0.305 e. The average Bonchev–Trinajstić information content (AvgIpc) is 2.38. The lowest BCUT2D eigenvalue weighted by atomic mass is 9.99. The number of rotatable bonds is 4. The van der Waals surface area contributed by atoms with E-state index in [1.165, 1.54) is 6.26 Å². The van der Waals surface area contributed by atoms with E-state index in [1.54, 1.807) is 12.1 Å². The maximum Gasteiger partial charge on any atom is 0.175 e. The van der Waals surface area contributed by atoms with Crippen molar-refractivity contribution in [1.82, 2.24) is 4.90 Å². The third-order valence-electron chi connectivity index (χ3n) is 3.08. The Labute approximate surface area is 120 Å². The molecule has 20 heavy (non-hydrogen) atoms. The van der Waals surface area contributed by atoms with E-state index in [0.29, 0.717) is 11.4 Å². The van der Waals surface area contributed by atoms with Gasteiger partial charge in [-0.15, -0.1) is 0 Å². The fraction of sp³-hybridized carbons (Fsp3) is 0.250. The van der Waals surface area contributed by atoms with Crippen molar-refractivity contribution in [2.24, 2.45) is 0 Å². The molecule has 0 aliphatic rings. The van der Waals surface area contributed by atoms with Gasteiger partial charge in [0, 0.05) is 12.8 Å². The lowest BCUT2D eigenvalue weighted by molar-refractivity contribution is 0.402. The zero-order chi connectivity index (χ0) is 14.8. The lowest BCUT2D eigenvalue weighted by Crippen LogP contribution is -2.12. The van der Waals surface area contributed by atoms with Crippen LogP contribution in [0.15, 0.2) is 53.4 Å². The zero-order valence-corrected chi connectivity index (χ0v) is 12.8. The van der Waals surface area contributed by atoms with Crippen molar-refractivity contribution in [3.63, 3.8) is 0 Å². The molecule has 0 amide bonds. The molecule has 2 rings (SSSR count). The summed E-state index contributed by atoms with van der Waals surface area (Å²) in [5, 5.41) is 0. The molecule has 0 aliphatic carbocycles. The molecular weight excluding hydrogens is 270 g/mol. The van der Waals surface area contributed by atoms with Gasteiger partial charge in [-0.05, 0) is 42.9 Å². The second-order valence-corrected chi connectivity index (χ2v) is 7.21.